The highest BCUT2D eigenvalue weighted by Gasteiger charge is 2.26. The molecule has 2 N–H and O–H groups in total. The minimum Gasteiger partial charge on any atom is -0.494 e. The number of benzene rings is 1. The number of ether oxygens (including phenoxy) is 2. The van der Waals surface area contributed by atoms with E-state index in [9.17, 15) is 13.6 Å². The van der Waals surface area contributed by atoms with Crippen LogP contribution in [-0.2, 0) is 11.8 Å². The van der Waals surface area contributed by atoms with Gasteiger partial charge in [-0.2, -0.15) is 5.10 Å². The van der Waals surface area contributed by atoms with Gasteiger partial charge < -0.3 is 20.1 Å². The van der Waals surface area contributed by atoms with Crippen LogP contribution < -0.4 is 15.4 Å². The highest BCUT2D eigenvalue weighted by molar-refractivity contribution is 5.95. The molecule has 3 atom stereocenters. The number of nitrogens with zero attached hydrogens (tertiary/aromatic N) is 4. The standard InChI is InChI=1S/C26H26F2N6O3/c1-34-22(7-9-30-34)25(15-4-6-23(36-2)17(27)11-15)33-26(35)20-5-3-16-13-29-24(12-21(16)31-20)32-19-8-10-37-14-18(19)28/h3-7,9,11-13,18-19,25H,8,10,14H2,1-2H3,(H,29,32)(H,33,35)/t18-,19-,25-/m0/s1. The van der Waals surface area contributed by atoms with E-state index < -0.39 is 30.0 Å². The molecule has 0 unspecified atom stereocenters. The van der Waals surface area contributed by atoms with Crippen LogP contribution in [0.15, 0.2) is 54.9 Å². The van der Waals surface area contributed by atoms with E-state index in [0.717, 1.165) is 5.39 Å². The lowest BCUT2D eigenvalue weighted by Gasteiger charge is -2.27. The highest BCUT2D eigenvalue weighted by atomic mass is 19.1. The molecule has 0 radical (unpaired) electrons. The second-order valence-corrected chi connectivity index (χ2v) is 8.77. The molecule has 0 aliphatic carbocycles. The zero-order valence-corrected chi connectivity index (χ0v) is 20.3. The van der Waals surface area contributed by atoms with E-state index in [1.165, 1.54) is 19.2 Å². The van der Waals surface area contributed by atoms with Gasteiger partial charge in [0.1, 0.15) is 17.7 Å². The average molecular weight is 509 g/mol. The molecule has 0 bridgehead atoms. The van der Waals surface area contributed by atoms with Gasteiger partial charge in [-0.25, -0.2) is 18.7 Å². The van der Waals surface area contributed by atoms with Gasteiger partial charge in [-0.1, -0.05) is 6.07 Å². The van der Waals surface area contributed by atoms with Gasteiger partial charge in [-0.15, -0.1) is 0 Å². The molecule has 9 nitrogen and oxygen atoms in total. The molecule has 1 aromatic carbocycles. The molecule has 1 saturated heterocycles. The fourth-order valence-electron chi connectivity index (χ4n) is 4.34. The Hall–Kier alpha value is -4.12. The summed E-state index contributed by atoms with van der Waals surface area (Å²) in [5.74, 6) is -0.428. The van der Waals surface area contributed by atoms with Crippen LogP contribution in [0.25, 0.3) is 10.9 Å². The first-order valence-corrected chi connectivity index (χ1v) is 11.8. The molecular formula is C26H26F2N6O3. The highest BCUT2D eigenvalue weighted by Crippen LogP contribution is 2.27. The SMILES string of the molecule is COc1ccc([C@H](NC(=O)c2ccc3cnc(N[C@H]4CCOC[C@@H]4F)cc3n2)c2ccnn2C)cc1F. The van der Waals surface area contributed by atoms with Crippen LogP contribution in [0.2, 0.25) is 0 Å². The molecule has 3 aromatic heterocycles. The molecule has 4 aromatic rings. The predicted octanol–water partition coefficient (Wildman–Crippen LogP) is 3.57. The van der Waals surface area contributed by atoms with Crippen molar-refractivity contribution < 1.29 is 23.0 Å². The fourth-order valence-corrected chi connectivity index (χ4v) is 4.34. The summed E-state index contributed by atoms with van der Waals surface area (Å²) in [6.07, 6.45) is 2.61. The van der Waals surface area contributed by atoms with Crippen molar-refractivity contribution in [2.45, 2.75) is 24.7 Å². The molecule has 1 aliphatic heterocycles. The second kappa shape index (κ2) is 10.5. The summed E-state index contributed by atoms with van der Waals surface area (Å²) in [5, 5.41) is 11.0. The lowest BCUT2D eigenvalue weighted by Crippen LogP contribution is -2.39. The smallest absolute Gasteiger partial charge is 0.270 e. The number of hydrogen-bond donors (Lipinski definition) is 2. The zero-order chi connectivity index (χ0) is 25.9. The maximum atomic E-state index is 14.5. The monoisotopic (exact) mass is 508 g/mol. The fraction of sp³-hybridized carbons (Fsp3) is 0.308. The van der Waals surface area contributed by atoms with Crippen LogP contribution in [0.4, 0.5) is 14.6 Å². The van der Waals surface area contributed by atoms with Gasteiger partial charge in [0.15, 0.2) is 11.6 Å². The van der Waals surface area contributed by atoms with Gasteiger partial charge in [-0.05, 0) is 42.3 Å². The normalized spacial score (nSPS) is 18.4. The van der Waals surface area contributed by atoms with E-state index in [2.05, 4.69) is 25.7 Å². The van der Waals surface area contributed by atoms with Gasteiger partial charge in [-0.3, -0.25) is 9.48 Å². The van der Waals surface area contributed by atoms with E-state index >= 15 is 0 Å². The number of hydrogen-bond acceptors (Lipinski definition) is 7. The zero-order valence-electron chi connectivity index (χ0n) is 20.3. The van der Waals surface area contributed by atoms with Gasteiger partial charge in [0, 0.05) is 37.5 Å². The number of aromatic nitrogens is 4. The summed E-state index contributed by atoms with van der Waals surface area (Å²) in [6.45, 7) is 0.522. The molecule has 0 spiro atoms. The first-order chi connectivity index (χ1) is 17.9. The van der Waals surface area contributed by atoms with Crippen LogP contribution in [0.1, 0.15) is 34.2 Å². The summed E-state index contributed by atoms with van der Waals surface area (Å²) in [6, 6.07) is 10.2. The number of alkyl halides is 1. The number of nitrogens with one attached hydrogen (secondary N) is 2. The maximum absolute atomic E-state index is 14.5. The summed E-state index contributed by atoms with van der Waals surface area (Å²) in [4.78, 5) is 22.2. The number of carbonyl (C=O) groups excluding carboxylic acids is 1. The average Bonchev–Trinajstić information content (AvgIpc) is 3.33. The number of fused-ring (bicyclic) bond motifs is 1. The Labute approximate surface area is 211 Å². The van der Waals surface area contributed by atoms with Crippen molar-refractivity contribution in [3.63, 3.8) is 0 Å². The van der Waals surface area contributed by atoms with Crippen molar-refractivity contribution in [1.29, 1.82) is 0 Å². The van der Waals surface area contributed by atoms with E-state index in [1.807, 2.05) is 0 Å². The Bertz CT molecular complexity index is 1430. The molecule has 4 heterocycles. The second-order valence-electron chi connectivity index (χ2n) is 8.77. The molecule has 192 valence electrons. The maximum Gasteiger partial charge on any atom is 0.270 e. The minimum atomic E-state index is -1.14. The Balaban J connectivity index is 1.42. The third-order valence-corrected chi connectivity index (χ3v) is 6.37. The largest absolute Gasteiger partial charge is 0.494 e. The van der Waals surface area contributed by atoms with Crippen LogP contribution in [0.5, 0.6) is 5.75 Å². The molecule has 37 heavy (non-hydrogen) atoms. The summed E-state index contributed by atoms with van der Waals surface area (Å²) >= 11 is 0. The molecule has 11 heteroatoms. The molecule has 1 amide bonds. The third-order valence-electron chi connectivity index (χ3n) is 6.37. The van der Waals surface area contributed by atoms with E-state index in [4.69, 9.17) is 9.47 Å². The number of aryl methyl sites for hydroxylation is 1. The molecule has 5 rings (SSSR count). The van der Waals surface area contributed by atoms with E-state index in [0.29, 0.717) is 35.6 Å². The molecule has 1 fully saturated rings. The van der Waals surface area contributed by atoms with Crippen molar-refractivity contribution in [2.24, 2.45) is 7.05 Å². The minimum absolute atomic E-state index is 0.0454. The van der Waals surface area contributed by atoms with Crippen molar-refractivity contribution in [3.8, 4) is 5.75 Å². The van der Waals surface area contributed by atoms with Crippen LogP contribution in [0, 0.1) is 5.82 Å². The Morgan fingerprint density at radius 2 is 2.11 bits per heavy atom. The molecular weight excluding hydrogens is 482 g/mol. The first kappa shape index (κ1) is 24.6. The third kappa shape index (κ3) is 5.21. The number of carbonyl (C=O) groups is 1. The van der Waals surface area contributed by atoms with Gasteiger partial charge in [0.25, 0.3) is 5.91 Å². The van der Waals surface area contributed by atoms with Crippen LogP contribution in [0.3, 0.4) is 0 Å². The molecule has 0 saturated carbocycles. The van der Waals surface area contributed by atoms with Crippen LogP contribution in [-0.4, -0.2) is 58.2 Å². The summed E-state index contributed by atoms with van der Waals surface area (Å²) < 4.78 is 40.5. The van der Waals surface area contributed by atoms with Gasteiger partial charge >= 0.3 is 0 Å². The first-order valence-electron chi connectivity index (χ1n) is 11.8. The number of anilines is 1. The number of rotatable bonds is 7. The van der Waals surface area contributed by atoms with E-state index in [1.54, 1.807) is 54.5 Å². The van der Waals surface area contributed by atoms with E-state index in [-0.39, 0.29) is 18.1 Å². The molecule has 1 aliphatic rings. The summed E-state index contributed by atoms with van der Waals surface area (Å²) in [7, 11) is 3.13. The van der Waals surface area contributed by atoms with Crippen molar-refractivity contribution in [3.05, 3.63) is 77.6 Å². The lowest BCUT2D eigenvalue weighted by atomic mass is 10.0. The van der Waals surface area contributed by atoms with Gasteiger partial charge in [0.05, 0.1) is 37.0 Å². The number of pyridine rings is 2. The summed E-state index contributed by atoms with van der Waals surface area (Å²) in [5.41, 5.74) is 1.87. The van der Waals surface area contributed by atoms with Crippen molar-refractivity contribution >= 4 is 22.6 Å². The predicted molar refractivity (Wildman–Crippen MR) is 133 cm³/mol. The van der Waals surface area contributed by atoms with Crippen molar-refractivity contribution in [1.82, 2.24) is 25.1 Å². The number of amides is 1. The Morgan fingerprint density at radius 3 is 2.84 bits per heavy atom. The van der Waals surface area contributed by atoms with Crippen LogP contribution >= 0.6 is 0 Å². The Morgan fingerprint density at radius 1 is 1.24 bits per heavy atom. The Kier molecular flexibility index (Phi) is 6.95. The number of halogens is 2. The quantitative estimate of drug-likeness (QED) is 0.393. The lowest BCUT2D eigenvalue weighted by molar-refractivity contribution is 0.0285. The van der Waals surface area contributed by atoms with Gasteiger partial charge in [0.2, 0.25) is 0 Å². The number of methoxy groups -OCH3 is 1. The topological polar surface area (TPSA) is 103 Å². The van der Waals surface area contributed by atoms with Crippen molar-refractivity contribution in [2.75, 3.05) is 25.6 Å².